The van der Waals surface area contributed by atoms with Gasteiger partial charge in [0.25, 0.3) is 0 Å². The van der Waals surface area contributed by atoms with Crippen molar-refractivity contribution in [3.05, 3.63) is 18.2 Å². The van der Waals surface area contributed by atoms with Crippen LogP contribution in [0.5, 0.6) is 0 Å². The number of H-pyrrole nitrogens is 1. The monoisotopic (exact) mass is 251 g/mol. The quantitative estimate of drug-likeness (QED) is 0.661. The van der Waals surface area contributed by atoms with Crippen LogP contribution in [0, 0.1) is 0 Å². The Kier molecular flexibility index (Phi) is 7.14. The maximum Gasteiger partial charge on any atom is 0.220 e. The summed E-state index contributed by atoms with van der Waals surface area (Å²) in [6, 6.07) is -0.0346. The van der Waals surface area contributed by atoms with Crippen LogP contribution < -0.4 is 5.32 Å². The zero-order chi connectivity index (χ0) is 13.2. The van der Waals surface area contributed by atoms with Gasteiger partial charge in [-0.1, -0.05) is 39.0 Å². The number of carbonyl (C=O) groups is 1. The first-order valence-corrected chi connectivity index (χ1v) is 7.02. The van der Waals surface area contributed by atoms with E-state index in [0.717, 1.165) is 18.7 Å². The van der Waals surface area contributed by atoms with Gasteiger partial charge in [-0.15, -0.1) is 0 Å². The summed E-state index contributed by atoms with van der Waals surface area (Å²) in [7, 11) is 0. The third-order valence-electron chi connectivity index (χ3n) is 3.06. The zero-order valence-corrected chi connectivity index (χ0v) is 11.5. The van der Waals surface area contributed by atoms with Crippen molar-refractivity contribution in [2.75, 3.05) is 0 Å². The predicted octanol–water partition coefficient (Wildman–Crippen LogP) is 3.34. The molecule has 0 fully saturated rings. The summed E-state index contributed by atoms with van der Waals surface area (Å²) in [6.45, 7) is 4.15. The van der Waals surface area contributed by atoms with Crippen LogP contribution in [0.25, 0.3) is 0 Å². The van der Waals surface area contributed by atoms with Crippen molar-refractivity contribution in [3.63, 3.8) is 0 Å². The van der Waals surface area contributed by atoms with E-state index in [4.69, 9.17) is 0 Å². The highest BCUT2D eigenvalue weighted by molar-refractivity contribution is 5.76. The Morgan fingerprint density at radius 2 is 2.06 bits per heavy atom. The van der Waals surface area contributed by atoms with E-state index in [1.807, 2.05) is 6.92 Å². The third kappa shape index (κ3) is 5.84. The second-order valence-corrected chi connectivity index (χ2v) is 4.78. The molecule has 1 aromatic heterocycles. The number of rotatable bonds is 9. The number of hydrogen-bond donors (Lipinski definition) is 2. The molecular weight excluding hydrogens is 226 g/mol. The fourth-order valence-electron chi connectivity index (χ4n) is 1.96. The topological polar surface area (TPSA) is 57.8 Å². The van der Waals surface area contributed by atoms with Crippen LogP contribution in [0.15, 0.2) is 12.4 Å². The number of amides is 1. The minimum absolute atomic E-state index is 0.0346. The van der Waals surface area contributed by atoms with Gasteiger partial charge in [0.1, 0.15) is 5.82 Å². The molecule has 0 saturated heterocycles. The van der Waals surface area contributed by atoms with Gasteiger partial charge in [-0.05, 0) is 13.3 Å². The molecule has 1 aromatic rings. The number of imidazole rings is 1. The molecular formula is C14H25N3O. The summed E-state index contributed by atoms with van der Waals surface area (Å²) < 4.78 is 0. The van der Waals surface area contributed by atoms with Gasteiger partial charge < -0.3 is 10.3 Å². The van der Waals surface area contributed by atoms with Crippen molar-refractivity contribution in [2.24, 2.45) is 0 Å². The van der Waals surface area contributed by atoms with Gasteiger partial charge >= 0.3 is 0 Å². The number of aromatic amines is 1. The van der Waals surface area contributed by atoms with Gasteiger partial charge in [-0.25, -0.2) is 4.98 Å². The molecule has 4 heteroatoms. The summed E-state index contributed by atoms with van der Waals surface area (Å²) in [6.07, 6.45) is 11.3. The Balaban J connectivity index is 2.07. The molecule has 1 heterocycles. The fraction of sp³-hybridized carbons (Fsp3) is 0.714. The van der Waals surface area contributed by atoms with Gasteiger partial charge in [-0.2, -0.15) is 0 Å². The van der Waals surface area contributed by atoms with Crippen molar-refractivity contribution < 1.29 is 4.79 Å². The van der Waals surface area contributed by atoms with E-state index >= 15 is 0 Å². The minimum Gasteiger partial charge on any atom is -0.347 e. The molecule has 4 nitrogen and oxygen atoms in total. The van der Waals surface area contributed by atoms with Crippen LogP contribution in [0.1, 0.15) is 70.7 Å². The summed E-state index contributed by atoms with van der Waals surface area (Å²) >= 11 is 0. The van der Waals surface area contributed by atoms with Gasteiger partial charge in [-0.3, -0.25) is 4.79 Å². The van der Waals surface area contributed by atoms with Crippen molar-refractivity contribution >= 4 is 5.91 Å². The Labute approximate surface area is 110 Å². The first kappa shape index (κ1) is 14.7. The number of hydrogen-bond acceptors (Lipinski definition) is 2. The zero-order valence-electron chi connectivity index (χ0n) is 11.5. The maximum absolute atomic E-state index is 11.7. The largest absolute Gasteiger partial charge is 0.347 e. The van der Waals surface area contributed by atoms with Crippen molar-refractivity contribution in [1.29, 1.82) is 0 Å². The van der Waals surface area contributed by atoms with Gasteiger partial charge in [0, 0.05) is 18.8 Å². The lowest BCUT2D eigenvalue weighted by Gasteiger charge is -2.11. The summed E-state index contributed by atoms with van der Waals surface area (Å²) in [5.41, 5.74) is 0. The maximum atomic E-state index is 11.7. The molecule has 1 amide bonds. The molecule has 0 saturated carbocycles. The Hall–Kier alpha value is -1.32. The molecule has 1 rings (SSSR count). The summed E-state index contributed by atoms with van der Waals surface area (Å²) in [5, 5.41) is 2.95. The van der Waals surface area contributed by atoms with E-state index in [0.29, 0.717) is 6.42 Å². The highest BCUT2D eigenvalue weighted by Crippen LogP contribution is 2.09. The third-order valence-corrected chi connectivity index (χ3v) is 3.06. The second kappa shape index (κ2) is 8.72. The lowest BCUT2D eigenvalue weighted by molar-refractivity contribution is -0.121. The highest BCUT2D eigenvalue weighted by Gasteiger charge is 2.10. The first-order valence-electron chi connectivity index (χ1n) is 7.02. The molecule has 0 bridgehead atoms. The molecule has 1 atom stereocenters. The SMILES string of the molecule is CCCCCCCCC(=O)NC(C)c1ncc[nH]1. The standard InChI is InChI=1S/C14H25N3O/c1-3-4-5-6-7-8-9-13(18)17-12(2)14-15-10-11-16-14/h10-12H,3-9H2,1-2H3,(H,15,16)(H,17,18). The van der Waals surface area contributed by atoms with E-state index in [2.05, 4.69) is 22.2 Å². The molecule has 2 N–H and O–H groups in total. The van der Waals surface area contributed by atoms with Crippen LogP contribution >= 0.6 is 0 Å². The van der Waals surface area contributed by atoms with Crippen LogP contribution in [-0.4, -0.2) is 15.9 Å². The van der Waals surface area contributed by atoms with E-state index in [1.165, 1.54) is 25.7 Å². The molecule has 1 unspecified atom stereocenters. The Bertz CT molecular complexity index is 322. The Morgan fingerprint density at radius 1 is 1.33 bits per heavy atom. The molecule has 0 aliphatic heterocycles. The van der Waals surface area contributed by atoms with E-state index < -0.39 is 0 Å². The van der Waals surface area contributed by atoms with Crippen molar-refractivity contribution in [1.82, 2.24) is 15.3 Å². The number of aromatic nitrogens is 2. The number of nitrogens with one attached hydrogen (secondary N) is 2. The predicted molar refractivity (Wildman–Crippen MR) is 73.1 cm³/mol. The van der Waals surface area contributed by atoms with Gasteiger partial charge in [0.2, 0.25) is 5.91 Å². The number of nitrogens with zero attached hydrogens (tertiary/aromatic N) is 1. The van der Waals surface area contributed by atoms with Gasteiger partial charge in [0.15, 0.2) is 0 Å². The summed E-state index contributed by atoms with van der Waals surface area (Å²) in [5.74, 6) is 0.931. The Morgan fingerprint density at radius 3 is 2.72 bits per heavy atom. The summed E-state index contributed by atoms with van der Waals surface area (Å²) in [4.78, 5) is 18.8. The molecule has 18 heavy (non-hydrogen) atoms. The van der Waals surface area contributed by atoms with E-state index in [9.17, 15) is 4.79 Å². The average Bonchev–Trinajstić information content (AvgIpc) is 2.87. The molecule has 102 valence electrons. The van der Waals surface area contributed by atoms with Crippen LogP contribution in [0.4, 0.5) is 0 Å². The normalized spacial score (nSPS) is 12.3. The van der Waals surface area contributed by atoms with Crippen LogP contribution in [0.3, 0.4) is 0 Å². The lowest BCUT2D eigenvalue weighted by atomic mass is 10.1. The fourth-order valence-corrected chi connectivity index (χ4v) is 1.96. The lowest BCUT2D eigenvalue weighted by Crippen LogP contribution is -2.27. The molecule has 0 spiro atoms. The number of unbranched alkanes of at least 4 members (excludes halogenated alkanes) is 5. The molecule has 0 radical (unpaired) electrons. The van der Waals surface area contributed by atoms with Crippen LogP contribution in [-0.2, 0) is 4.79 Å². The number of carbonyl (C=O) groups excluding carboxylic acids is 1. The van der Waals surface area contributed by atoms with E-state index in [-0.39, 0.29) is 11.9 Å². The van der Waals surface area contributed by atoms with Crippen LogP contribution in [0.2, 0.25) is 0 Å². The molecule has 0 aliphatic rings. The first-order chi connectivity index (χ1) is 8.74. The second-order valence-electron chi connectivity index (χ2n) is 4.78. The highest BCUT2D eigenvalue weighted by atomic mass is 16.1. The van der Waals surface area contributed by atoms with Gasteiger partial charge in [0.05, 0.1) is 6.04 Å². The van der Waals surface area contributed by atoms with Crippen molar-refractivity contribution in [3.8, 4) is 0 Å². The average molecular weight is 251 g/mol. The minimum atomic E-state index is -0.0346. The molecule has 0 aliphatic carbocycles. The van der Waals surface area contributed by atoms with E-state index in [1.54, 1.807) is 12.4 Å². The smallest absolute Gasteiger partial charge is 0.220 e. The molecule has 0 aromatic carbocycles. The van der Waals surface area contributed by atoms with Crippen molar-refractivity contribution in [2.45, 2.75) is 64.8 Å².